The molecule has 0 bridgehead atoms. The zero-order valence-corrected chi connectivity index (χ0v) is 10.9. The Balaban J connectivity index is 0.00000162. The minimum absolute atomic E-state index is 0. The first-order chi connectivity index (χ1) is 8.20. The molecule has 1 heterocycles. The average molecular weight is 272 g/mol. The molecule has 18 heavy (non-hydrogen) atoms. The van der Waals surface area contributed by atoms with Crippen LogP contribution in [0.2, 0.25) is 0 Å². The molecule has 100 valence electrons. The molecule has 0 spiro atoms. The van der Waals surface area contributed by atoms with Gasteiger partial charge in [-0.2, -0.15) is 0 Å². The molecule has 0 saturated heterocycles. The summed E-state index contributed by atoms with van der Waals surface area (Å²) in [5.74, 6) is 0.372. The second-order valence-electron chi connectivity index (χ2n) is 4.41. The van der Waals surface area contributed by atoms with Crippen molar-refractivity contribution in [3.63, 3.8) is 0 Å². The number of amides is 1. The molecule has 2 rings (SSSR count). The van der Waals surface area contributed by atoms with E-state index in [1.54, 1.807) is 18.3 Å². The maximum atomic E-state index is 11.7. The van der Waals surface area contributed by atoms with Crippen LogP contribution >= 0.6 is 12.4 Å². The number of aromatic nitrogens is 1. The van der Waals surface area contributed by atoms with Crippen LogP contribution in [-0.2, 0) is 11.3 Å². The zero-order chi connectivity index (χ0) is 12.3. The third-order valence-corrected chi connectivity index (χ3v) is 3.00. The predicted molar refractivity (Wildman–Crippen MR) is 71.7 cm³/mol. The Hall–Kier alpha value is -1.33. The van der Waals surface area contributed by atoms with Crippen LogP contribution in [-0.4, -0.2) is 23.1 Å². The second kappa shape index (κ2) is 6.56. The molecule has 1 unspecified atom stereocenters. The van der Waals surface area contributed by atoms with Gasteiger partial charge in [-0.05, 0) is 24.8 Å². The summed E-state index contributed by atoms with van der Waals surface area (Å²) in [5, 5.41) is 2.88. The first-order valence-corrected chi connectivity index (χ1v) is 5.85. The largest absolute Gasteiger partial charge is 0.350 e. The van der Waals surface area contributed by atoms with Crippen LogP contribution in [0.3, 0.4) is 0 Å². The fraction of sp³-hybridized carbons (Fsp3) is 0.500. The zero-order valence-electron chi connectivity index (χ0n) is 10.0. The predicted octanol–water partition coefficient (Wildman–Crippen LogP) is 0.124. The molecule has 0 radical (unpaired) electrons. The van der Waals surface area contributed by atoms with E-state index in [1.807, 2.05) is 0 Å². The second-order valence-corrected chi connectivity index (χ2v) is 4.41. The lowest BCUT2D eigenvalue weighted by molar-refractivity contribution is -0.122. The summed E-state index contributed by atoms with van der Waals surface area (Å²) >= 11 is 0. The van der Waals surface area contributed by atoms with Crippen LogP contribution in [0.25, 0.3) is 0 Å². The van der Waals surface area contributed by atoms with Gasteiger partial charge in [0.25, 0.3) is 5.56 Å². The summed E-state index contributed by atoms with van der Waals surface area (Å²) in [6.07, 6.45) is 3.87. The summed E-state index contributed by atoms with van der Waals surface area (Å²) in [6, 6.07) is 4.88. The van der Waals surface area contributed by atoms with Crippen molar-refractivity contribution in [2.45, 2.75) is 25.4 Å². The fourth-order valence-corrected chi connectivity index (χ4v) is 1.87. The van der Waals surface area contributed by atoms with Crippen LogP contribution < -0.4 is 16.6 Å². The highest BCUT2D eigenvalue weighted by atomic mass is 35.5. The third-order valence-electron chi connectivity index (χ3n) is 3.00. The Morgan fingerprint density at radius 1 is 1.50 bits per heavy atom. The molecule has 1 aliphatic rings. The van der Waals surface area contributed by atoms with Crippen molar-refractivity contribution in [3.8, 4) is 0 Å². The van der Waals surface area contributed by atoms with Gasteiger partial charge in [-0.25, -0.2) is 0 Å². The van der Waals surface area contributed by atoms with E-state index in [2.05, 4.69) is 5.32 Å². The highest BCUT2D eigenvalue weighted by Crippen LogP contribution is 2.32. The van der Waals surface area contributed by atoms with Crippen LogP contribution in [0.5, 0.6) is 0 Å². The first-order valence-electron chi connectivity index (χ1n) is 5.85. The highest BCUT2D eigenvalue weighted by Gasteiger charge is 2.31. The van der Waals surface area contributed by atoms with Gasteiger partial charge in [-0.15, -0.1) is 12.4 Å². The Bertz CT molecular complexity index is 457. The number of nitrogens with one attached hydrogen (secondary N) is 1. The minimum Gasteiger partial charge on any atom is -0.350 e. The van der Waals surface area contributed by atoms with Gasteiger partial charge in [0.2, 0.25) is 5.91 Å². The quantitative estimate of drug-likeness (QED) is 0.799. The van der Waals surface area contributed by atoms with Crippen molar-refractivity contribution >= 4 is 18.3 Å². The third kappa shape index (κ3) is 3.85. The fourth-order valence-electron chi connectivity index (χ4n) is 1.87. The Morgan fingerprint density at radius 3 is 2.78 bits per heavy atom. The molecule has 5 nitrogen and oxygen atoms in total. The molecule has 1 atom stereocenters. The number of rotatable bonds is 5. The van der Waals surface area contributed by atoms with Crippen molar-refractivity contribution < 1.29 is 4.79 Å². The Morgan fingerprint density at radius 2 is 2.22 bits per heavy atom. The monoisotopic (exact) mass is 271 g/mol. The summed E-state index contributed by atoms with van der Waals surface area (Å²) in [5.41, 5.74) is 5.43. The lowest BCUT2D eigenvalue weighted by atomic mass is 10.2. The highest BCUT2D eigenvalue weighted by molar-refractivity contribution is 5.85. The standard InChI is InChI=1S/C12H17N3O2.ClH/c13-7-10(9-4-5-9)14-11(16)8-15-6-2-1-3-12(15)17;/h1-3,6,9-10H,4-5,7-8,13H2,(H,14,16);1H. The number of carbonyl (C=O) groups is 1. The summed E-state index contributed by atoms with van der Waals surface area (Å²) < 4.78 is 1.38. The van der Waals surface area contributed by atoms with Gasteiger partial charge in [0, 0.05) is 24.8 Å². The van der Waals surface area contributed by atoms with E-state index in [-0.39, 0.29) is 36.5 Å². The molecule has 6 heteroatoms. The van der Waals surface area contributed by atoms with Crippen molar-refractivity contribution in [2.24, 2.45) is 11.7 Å². The van der Waals surface area contributed by atoms with E-state index >= 15 is 0 Å². The number of hydrogen-bond acceptors (Lipinski definition) is 3. The molecule has 1 amide bonds. The molecule has 1 saturated carbocycles. The van der Waals surface area contributed by atoms with E-state index in [0.29, 0.717) is 12.5 Å². The van der Waals surface area contributed by atoms with Crippen molar-refractivity contribution in [3.05, 3.63) is 34.7 Å². The molecule has 1 fully saturated rings. The smallest absolute Gasteiger partial charge is 0.250 e. The first kappa shape index (κ1) is 14.7. The van der Waals surface area contributed by atoms with E-state index < -0.39 is 0 Å². The van der Waals surface area contributed by atoms with Crippen LogP contribution in [0.1, 0.15) is 12.8 Å². The lowest BCUT2D eigenvalue weighted by Gasteiger charge is -2.16. The molecule has 3 N–H and O–H groups in total. The van der Waals surface area contributed by atoms with Gasteiger partial charge in [0.1, 0.15) is 6.54 Å². The van der Waals surface area contributed by atoms with Crippen LogP contribution in [0.4, 0.5) is 0 Å². The number of hydrogen-bond donors (Lipinski definition) is 2. The summed E-state index contributed by atoms with van der Waals surface area (Å²) in [4.78, 5) is 23.2. The normalized spacial score (nSPS) is 15.6. The van der Waals surface area contributed by atoms with Crippen LogP contribution in [0.15, 0.2) is 29.2 Å². The molecule has 0 aliphatic heterocycles. The van der Waals surface area contributed by atoms with Gasteiger partial charge in [-0.1, -0.05) is 6.07 Å². The summed E-state index contributed by atoms with van der Waals surface area (Å²) in [7, 11) is 0. The molecule has 0 aromatic carbocycles. The maximum absolute atomic E-state index is 11.7. The molecule has 1 aromatic heterocycles. The van der Waals surface area contributed by atoms with Crippen molar-refractivity contribution in [2.75, 3.05) is 6.54 Å². The van der Waals surface area contributed by atoms with Crippen molar-refractivity contribution in [1.29, 1.82) is 0 Å². The van der Waals surface area contributed by atoms with Crippen LogP contribution in [0, 0.1) is 5.92 Å². The van der Waals surface area contributed by atoms with Gasteiger partial charge < -0.3 is 15.6 Å². The van der Waals surface area contributed by atoms with Gasteiger partial charge in [-0.3, -0.25) is 9.59 Å². The van der Waals surface area contributed by atoms with E-state index in [0.717, 1.165) is 12.8 Å². The topological polar surface area (TPSA) is 77.1 Å². The number of nitrogens with zero attached hydrogens (tertiary/aromatic N) is 1. The number of pyridine rings is 1. The molecular formula is C12H18ClN3O2. The van der Waals surface area contributed by atoms with E-state index in [4.69, 9.17) is 5.73 Å². The van der Waals surface area contributed by atoms with Gasteiger partial charge in [0.15, 0.2) is 0 Å². The molecule has 1 aromatic rings. The molecule has 1 aliphatic carbocycles. The van der Waals surface area contributed by atoms with E-state index in [9.17, 15) is 9.59 Å². The summed E-state index contributed by atoms with van der Waals surface area (Å²) in [6.45, 7) is 0.517. The number of nitrogens with two attached hydrogens (primary N) is 1. The SMILES string of the molecule is Cl.NCC(NC(=O)Cn1ccccc1=O)C1CC1. The average Bonchev–Trinajstić information content (AvgIpc) is 3.13. The number of carbonyl (C=O) groups excluding carboxylic acids is 1. The van der Waals surface area contributed by atoms with Gasteiger partial charge >= 0.3 is 0 Å². The molecular weight excluding hydrogens is 254 g/mol. The Labute approximate surface area is 112 Å². The number of halogens is 1. The minimum atomic E-state index is -0.168. The van der Waals surface area contributed by atoms with Crippen molar-refractivity contribution in [1.82, 2.24) is 9.88 Å². The lowest BCUT2D eigenvalue weighted by Crippen LogP contribution is -2.44. The maximum Gasteiger partial charge on any atom is 0.250 e. The Kier molecular flexibility index (Phi) is 5.37. The van der Waals surface area contributed by atoms with Gasteiger partial charge in [0.05, 0.1) is 0 Å². The van der Waals surface area contributed by atoms with E-state index in [1.165, 1.54) is 10.6 Å².